The number of carbonyl (C=O) groups excluding carboxylic acids is 2. The summed E-state index contributed by atoms with van der Waals surface area (Å²) in [4.78, 5) is 27.7. The second kappa shape index (κ2) is 7.17. The van der Waals surface area contributed by atoms with Crippen molar-refractivity contribution in [2.75, 3.05) is 0 Å². The molecular weight excluding hydrogens is 298 g/mol. The van der Waals surface area contributed by atoms with Gasteiger partial charge >= 0.3 is 0 Å². The van der Waals surface area contributed by atoms with E-state index in [4.69, 9.17) is 5.73 Å². The molecule has 0 saturated heterocycles. The smallest absolute Gasteiger partial charge is 0.244 e. The number of carbonyl (C=O) groups is 2. The van der Waals surface area contributed by atoms with E-state index < -0.39 is 11.9 Å². The number of nitrogens with one attached hydrogen (secondary N) is 1. The molecule has 0 fully saturated rings. The highest BCUT2D eigenvalue weighted by Crippen LogP contribution is 2.22. The van der Waals surface area contributed by atoms with Crippen LogP contribution >= 0.6 is 11.3 Å². The van der Waals surface area contributed by atoms with Crippen molar-refractivity contribution in [2.24, 2.45) is 11.7 Å². The van der Waals surface area contributed by atoms with Crippen molar-refractivity contribution < 1.29 is 9.59 Å². The summed E-state index contributed by atoms with van der Waals surface area (Å²) in [5, 5.41) is 3.39. The van der Waals surface area contributed by atoms with Crippen molar-refractivity contribution in [3.8, 4) is 0 Å². The number of benzene rings is 1. The van der Waals surface area contributed by atoms with Gasteiger partial charge in [0.25, 0.3) is 0 Å². The van der Waals surface area contributed by atoms with Crippen LogP contribution in [0.15, 0.2) is 30.3 Å². The van der Waals surface area contributed by atoms with Gasteiger partial charge in [-0.15, -0.1) is 11.3 Å². The highest BCUT2D eigenvalue weighted by molar-refractivity contribution is 7.19. The number of primary amides is 1. The Morgan fingerprint density at radius 2 is 2.14 bits per heavy atom. The minimum absolute atomic E-state index is 0.00250. The van der Waals surface area contributed by atoms with Gasteiger partial charge in [0.1, 0.15) is 11.0 Å². The van der Waals surface area contributed by atoms with Crippen LogP contribution in [0.1, 0.15) is 25.3 Å². The van der Waals surface area contributed by atoms with E-state index in [9.17, 15) is 9.59 Å². The minimum atomic E-state index is -0.655. The number of amides is 2. The Labute approximate surface area is 133 Å². The monoisotopic (exact) mass is 317 g/mol. The zero-order valence-corrected chi connectivity index (χ0v) is 13.4. The molecule has 22 heavy (non-hydrogen) atoms. The first-order chi connectivity index (χ1) is 10.5. The van der Waals surface area contributed by atoms with E-state index in [0.717, 1.165) is 21.6 Å². The number of nitrogens with two attached hydrogens (primary N) is 1. The molecule has 6 heteroatoms. The highest BCUT2D eigenvalue weighted by atomic mass is 32.1. The molecule has 2 unspecified atom stereocenters. The van der Waals surface area contributed by atoms with E-state index in [2.05, 4.69) is 10.3 Å². The third-order valence-corrected chi connectivity index (χ3v) is 4.51. The molecule has 5 nitrogen and oxygen atoms in total. The summed E-state index contributed by atoms with van der Waals surface area (Å²) >= 11 is 1.51. The highest BCUT2D eigenvalue weighted by Gasteiger charge is 2.22. The Kier molecular flexibility index (Phi) is 5.27. The molecule has 0 saturated carbocycles. The maximum atomic E-state index is 11.9. The molecule has 1 heterocycles. The molecule has 1 aromatic heterocycles. The molecule has 0 radical (unpaired) electrons. The van der Waals surface area contributed by atoms with Crippen LogP contribution in [0.2, 0.25) is 0 Å². The fourth-order valence-corrected chi connectivity index (χ4v) is 2.91. The van der Waals surface area contributed by atoms with Crippen LogP contribution < -0.4 is 11.1 Å². The van der Waals surface area contributed by atoms with Crippen LogP contribution in [0.4, 0.5) is 0 Å². The van der Waals surface area contributed by atoms with Crippen molar-refractivity contribution in [3.63, 3.8) is 0 Å². The van der Waals surface area contributed by atoms with Crippen molar-refractivity contribution in [1.82, 2.24) is 10.3 Å². The Morgan fingerprint density at radius 1 is 1.41 bits per heavy atom. The van der Waals surface area contributed by atoms with Crippen molar-refractivity contribution in [3.05, 3.63) is 35.3 Å². The van der Waals surface area contributed by atoms with Gasteiger partial charge in [-0.25, -0.2) is 4.98 Å². The predicted molar refractivity (Wildman–Crippen MR) is 89.2 cm³/mol. The number of hydrogen-bond donors (Lipinski definition) is 2. The van der Waals surface area contributed by atoms with Gasteiger partial charge in [-0.2, -0.15) is 0 Å². The van der Waals surface area contributed by atoms with Crippen molar-refractivity contribution in [2.45, 2.75) is 26.3 Å². The zero-order chi connectivity index (χ0) is 16.1. The second-order valence-electron chi connectivity index (χ2n) is 5.13. The van der Waals surface area contributed by atoms with Gasteiger partial charge in [0.05, 0.1) is 10.2 Å². The molecule has 3 N–H and O–H groups in total. The van der Waals surface area contributed by atoms with Gasteiger partial charge in [-0.1, -0.05) is 32.4 Å². The molecule has 0 spiro atoms. The normalized spacial score (nSPS) is 14.1. The van der Waals surface area contributed by atoms with Gasteiger partial charge in [0.15, 0.2) is 0 Å². The van der Waals surface area contributed by atoms with E-state index >= 15 is 0 Å². The van der Waals surface area contributed by atoms with Crippen LogP contribution in [0.25, 0.3) is 16.3 Å². The number of rotatable bonds is 6. The van der Waals surface area contributed by atoms with E-state index in [1.54, 1.807) is 6.08 Å². The number of thiazole rings is 1. The van der Waals surface area contributed by atoms with Crippen molar-refractivity contribution >= 4 is 39.4 Å². The Morgan fingerprint density at radius 3 is 2.77 bits per heavy atom. The van der Waals surface area contributed by atoms with Gasteiger partial charge < -0.3 is 11.1 Å². The Bertz CT molecular complexity index is 675. The lowest BCUT2D eigenvalue weighted by atomic mass is 9.98. The second-order valence-corrected chi connectivity index (χ2v) is 6.19. The molecule has 2 amide bonds. The Balaban J connectivity index is 2.05. The first-order valence-electron chi connectivity index (χ1n) is 7.14. The van der Waals surface area contributed by atoms with Crippen LogP contribution in [0.5, 0.6) is 0 Å². The molecule has 116 valence electrons. The van der Waals surface area contributed by atoms with E-state index in [1.807, 2.05) is 38.1 Å². The third kappa shape index (κ3) is 3.92. The molecule has 0 bridgehead atoms. The third-order valence-electron chi connectivity index (χ3n) is 3.50. The number of fused-ring (bicyclic) bond motifs is 1. The summed E-state index contributed by atoms with van der Waals surface area (Å²) in [5.41, 5.74) is 6.24. The van der Waals surface area contributed by atoms with Gasteiger partial charge in [-0.3, -0.25) is 9.59 Å². The van der Waals surface area contributed by atoms with Gasteiger partial charge in [0.2, 0.25) is 11.8 Å². The standard InChI is InChI=1S/C16H19N3O2S/c1-3-10(2)15(16(17)21)19-13(20)8-9-14-18-11-6-4-5-7-12(11)22-14/h4-10,15H,3H2,1-2H3,(H2,17,21)(H,19,20). The van der Waals surface area contributed by atoms with Crippen LogP contribution in [0, 0.1) is 5.92 Å². The van der Waals surface area contributed by atoms with E-state index in [1.165, 1.54) is 17.4 Å². The fourth-order valence-electron chi connectivity index (χ4n) is 2.04. The number of aromatic nitrogens is 1. The van der Waals surface area contributed by atoms with E-state index in [-0.39, 0.29) is 11.8 Å². The summed E-state index contributed by atoms with van der Waals surface area (Å²) in [7, 11) is 0. The zero-order valence-electron chi connectivity index (χ0n) is 12.6. The average molecular weight is 317 g/mol. The molecule has 1 aromatic carbocycles. The first kappa shape index (κ1) is 16.2. The lowest BCUT2D eigenvalue weighted by Crippen LogP contribution is -2.47. The maximum absolute atomic E-state index is 11.9. The summed E-state index contributed by atoms with van der Waals surface area (Å²) in [5.74, 6) is -0.864. The molecule has 0 aliphatic heterocycles. The van der Waals surface area contributed by atoms with Crippen molar-refractivity contribution in [1.29, 1.82) is 0 Å². The summed E-state index contributed by atoms with van der Waals surface area (Å²) in [6.07, 6.45) is 3.79. The van der Waals surface area contributed by atoms with E-state index in [0.29, 0.717) is 0 Å². The summed E-state index contributed by atoms with van der Waals surface area (Å²) in [6, 6.07) is 7.12. The summed E-state index contributed by atoms with van der Waals surface area (Å²) in [6.45, 7) is 3.83. The summed E-state index contributed by atoms with van der Waals surface area (Å²) < 4.78 is 1.07. The topological polar surface area (TPSA) is 85.1 Å². The molecular formula is C16H19N3O2S. The quantitative estimate of drug-likeness (QED) is 0.802. The van der Waals surface area contributed by atoms with Crippen LogP contribution in [-0.4, -0.2) is 22.8 Å². The lowest BCUT2D eigenvalue weighted by Gasteiger charge is -2.20. The predicted octanol–water partition coefficient (Wildman–Crippen LogP) is 2.33. The van der Waals surface area contributed by atoms with Crippen LogP contribution in [0.3, 0.4) is 0 Å². The largest absolute Gasteiger partial charge is 0.368 e. The first-order valence-corrected chi connectivity index (χ1v) is 7.96. The molecule has 2 atom stereocenters. The maximum Gasteiger partial charge on any atom is 0.244 e. The number of nitrogens with zero attached hydrogens (tertiary/aromatic N) is 1. The average Bonchev–Trinajstić information content (AvgIpc) is 2.92. The minimum Gasteiger partial charge on any atom is -0.368 e. The Hall–Kier alpha value is -2.21. The molecule has 0 aliphatic rings. The number of hydrogen-bond acceptors (Lipinski definition) is 4. The molecule has 2 aromatic rings. The van der Waals surface area contributed by atoms with Gasteiger partial charge in [-0.05, 0) is 24.1 Å². The SMILES string of the molecule is CCC(C)C(NC(=O)C=Cc1nc2ccccc2s1)C(N)=O. The van der Waals surface area contributed by atoms with Crippen LogP contribution in [-0.2, 0) is 9.59 Å². The molecule has 2 rings (SSSR count). The fraction of sp³-hybridized carbons (Fsp3) is 0.312. The lowest BCUT2D eigenvalue weighted by molar-refractivity contribution is -0.126. The molecule has 0 aliphatic carbocycles. The number of para-hydroxylation sites is 1. The van der Waals surface area contributed by atoms with Gasteiger partial charge in [0, 0.05) is 6.08 Å².